The molecule has 7 nitrogen and oxygen atoms in total. The fourth-order valence-corrected chi connectivity index (χ4v) is 3.12. The minimum absolute atomic E-state index is 0.207. The van der Waals surface area contributed by atoms with Gasteiger partial charge in [-0.1, -0.05) is 24.3 Å². The molecule has 3 aromatic rings. The maximum Gasteiger partial charge on any atom is 0.333 e. The molecule has 1 N–H and O–H groups in total. The predicted octanol–water partition coefficient (Wildman–Crippen LogP) is 4.98. The third-order valence-electron chi connectivity index (χ3n) is 4.85. The van der Waals surface area contributed by atoms with Crippen molar-refractivity contribution in [3.05, 3.63) is 78.4 Å². The molecule has 0 aliphatic carbocycles. The van der Waals surface area contributed by atoms with Gasteiger partial charge >= 0.3 is 5.97 Å². The number of methoxy groups -OCH3 is 2. The molecule has 0 heterocycles. The van der Waals surface area contributed by atoms with Gasteiger partial charge in [0.2, 0.25) is 0 Å². The molecule has 0 spiro atoms. The topological polar surface area (TPSA) is 83.5 Å². The standard InChI is InChI=1S/C26H28O7/c1-29-24-18-23(10-9-19(24)17-25(30-2)26(27)28)32-16-6-15-31-20-11-13-22(14-12-20)33-21-7-4-3-5-8-21/h3-5,7-14,18,25H,6,15-17H2,1-2H3,(H,27,28)/t25-/m0/s1. The molecule has 33 heavy (non-hydrogen) atoms. The van der Waals surface area contributed by atoms with E-state index in [9.17, 15) is 4.79 Å². The molecule has 0 saturated carbocycles. The Morgan fingerprint density at radius 2 is 1.42 bits per heavy atom. The minimum atomic E-state index is -1.02. The fraction of sp³-hybridized carbons (Fsp3) is 0.269. The summed E-state index contributed by atoms with van der Waals surface area (Å²) >= 11 is 0. The van der Waals surface area contributed by atoms with Crippen LogP contribution in [0.2, 0.25) is 0 Å². The van der Waals surface area contributed by atoms with E-state index in [1.54, 1.807) is 18.2 Å². The van der Waals surface area contributed by atoms with Gasteiger partial charge in [0.1, 0.15) is 28.7 Å². The van der Waals surface area contributed by atoms with E-state index in [2.05, 4.69) is 0 Å². The quantitative estimate of drug-likeness (QED) is 0.366. The Bertz CT molecular complexity index is 1000. The Morgan fingerprint density at radius 1 is 0.818 bits per heavy atom. The number of ether oxygens (including phenoxy) is 5. The van der Waals surface area contributed by atoms with Crippen molar-refractivity contribution in [3.8, 4) is 28.7 Å². The van der Waals surface area contributed by atoms with Crippen molar-refractivity contribution >= 4 is 5.97 Å². The van der Waals surface area contributed by atoms with Crippen LogP contribution in [0.15, 0.2) is 72.8 Å². The lowest BCUT2D eigenvalue weighted by Crippen LogP contribution is -2.25. The molecule has 0 saturated heterocycles. The van der Waals surface area contributed by atoms with Crippen molar-refractivity contribution in [2.45, 2.75) is 18.9 Å². The van der Waals surface area contributed by atoms with Gasteiger partial charge in [-0.3, -0.25) is 0 Å². The van der Waals surface area contributed by atoms with Gasteiger partial charge < -0.3 is 28.8 Å². The summed E-state index contributed by atoms with van der Waals surface area (Å²) in [6.45, 7) is 0.968. The number of carboxylic acids is 1. The minimum Gasteiger partial charge on any atom is -0.496 e. The Hall–Kier alpha value is -3.71. The molecule has 0 radical (unpaired) electrons. The summed E-state index contributed by atoms with van der Waals surface area (Å²) in [4.78, 5) is 11.2. The van der Waals surface area contributed by atoms with Crippen molar-refractivity contribution in [3.63, 3.8) is 0 Å². The highest BCUT2D eigenvalue weighted by Crippen LogP contribution is 2.27. The van der Waals surface area contributed by atoms with Crippen LogP contribution in [0, 0.1) is 0 Å². The number of hydrogen-bond acceptors (Lipinski definition) is 6. The molecular weight excluding hydrogens is 424 g/mol. The van der Waals surface area contributed by atoms with Gasteiger partial charge in [-0.05, 0) is 48.0 Å². The third kappa shape index (κ3) is 7.43. The van der Waals surface area contributed by atoms with E-state index in [1.165, 1.54) is 14.2 Å². The number of para-hydroxylation sites is 1. The van der Waals surface area contributed by atoms with E-state index in [1.807, 2.05) is 54.6 Å². The van der Waals surface area contributed by atoms with Crippen LogP contribution >= 0.6 is 0 Å². The number of rotatable bonds is 13. The second kappa shape index (κ2) is 12.4. The van der Waals surface area contributed by atoms with Crippen molar-refractivity contribution in [1.82, 2.24) is 0 Å². The average Bonchev–Trinajstić information content (AvgIpc) is 2.84. The maximum atomic E-state index is 11.2. The number of hydrogen-bond donors (Lipinski definition) is 1. The molecule has 1 atom stereocenters. The molecule has 0 fully saturated rings. The van der Waals surface area contributed by atoms with Crippen LogP contribution in [0.3, 0.4) is 0 Å². The van der Waals surface area contributed by atoms with E-state index < -0.39 is 12.1 Å². The van der Waals surface area contributed by atoms with Gasteiger partial charge in [0.05, 0.1) is 20.3 Å². The van der Waals surface area contributed by atoms with E-state index in [-0.39, 0.29) is 6.42 Å². The highest BCUT2D eigenvalue weighted by atomic mass is 16.5. The lowest BCUT2D eigenvalue weighted by Gasteiger charge is -2.15. The number of benzene rings is 3. The van der Waals surface area contributed by atoms with Crippen LogP contribution in [0.4, 0.5) is 0 Å². The number of carbonyl (C=O) groups is 1. The lowest BCUT2D eigenvalue weighted by molar-refractivity contribution is -0.148. The summed E-state index contributed by atoms with van der Waals surface area (Å²) in [6.07, 6.45) is -0.0307. The van der Waals surface area contributed by atoms with E-state index in [0.717, 1.165) is 22.8 Å². The van der Waals surface area contributed by atoms with E-state index in [0.29, 0.717) is 31.1 Å². The van der Waals surface area contributed by atoms with Crippen LogP contribution in [0.5, 0.6) is 28.7 Å². The molecule has 0 aliphatic rings. The van der Waals surface area contributed by atoms with Gasteiger partial charge in [-0.15, -0.1) is 0 Å². The first-order chi connectivity index (χ1) is 16.1. The summed E-state index contributed by atoms with van der Waals surface area (Å²) < 4.78 is 27.7. The van der Waals surface area contributed by atoms with E-state index in [4.69, 9.17) is 28.8 Å². The van der Waals surface area contributed by atoms with Crippen LogP contribution in [-0.2, 0) is 16.0 Å². The monoisotopic (exact) mass is 452 g/mol. The van der Waals surface area contributed by atoms with Gasteiger partial charge in [-0.25, -0.2) is 4.79 Å². The molecule has 3 rings (SSSR count). The normalized spacial score (nSPS) is 11.5. The SMILES string of the molecule is COc1cc(OCCCOc2ccc(Oc3ccccc3)cc2)ccc1C[C@H](OC)C(=O)O. The summed E-state index contributed by atoms with van der Waals surface area (Å²) in [6, 6.07) is 22.4. The van der Waals surface area contributed by atoms with Crippen LogP contribution in [0.1, 0.15) is 12.0 Å². The van der Waals surface area contributed by atoms with Crippen LogP contribution in [-0.4, -0.2) is 44.6 Å². The van der Waals surface area contributed by atoms with Crippen molar-refractivity contribution < 1.29 is 33.6 Å². The third-order valence-corrected chi connectivity index (χ3v) is 4.85. The van der Waals surface area contributed by atoms with E-state index >= 15 is 0 Å². The molecule has 0 aromatic heterocycles. The number of carboxylic acid groups (broad SMARTS) is 1. The largest absolute Gasteiger partial charge is 0.496 e. The average molecular weight is 453 g/mol. The second-order valence-corrected chi connectivity index (χ2v) is 7.18. The zero-order valence-electron chi connectivity index (χ0n) is 18.7. The van der Waals surface area contributed by atoms with Gasteiger partial charge in [0.25, 0.3) is 0 Å². The number of aliphatic carboxylic acids is 1. The molecule has 0 bridgehead atoms. The molecule has 0 unspecified atom stereocenters. The Kier molecular flexibility index (Phi) is 8.97. The van der Waals surface area contributed by atoms with Crippen LogP contribution in [0.25, 0.3) is 0 Å². The Balaban J connectivity index is 1.42. The zero-order valence-corrected chi connectivity index (χ0v) is 18.7. The molecule has 174 valence electrons. The van der Waals surface area contributed by atoms with Gasteiger partial charge in [0.15, 0.2) is 6.10 Å². The van der Waals surface area contributed by atoms with Crippen molar-refractivity contribution in [2.24, 2.45) is 0 Å². The maximum absolute atomic E-state index is 11.2. The summed E-state index contributed by atoms with van der Waals surface area (Å²) in [7, 11) is 2.91. The summed E-state index contributed by atoms with van der Waals surface area (Å²) in [5, 5.41) is 9.17. The predicted molar refractivity (Wildman–Crippen MR) is 124 cm³/mol. The molecular formula is C26H28O7. The first kappa shape index (κ1) is 23.9. The Morgan fingerprint density at radius 3 is 2.06 bits per heavy atom. The van der Waals surface area contributed by atoms with Crippen molar-refractivity contribution in [2.75, 3.05) is 27.4 Å². The first-order valence-corrected chi connectivity index (χ1v) is 10.6. The van der Waals surface area contributed by atoms with Gasteiger partial charge in [-0.2, -0.15) is 0 Å². The zero-order chi connectivity index (χ0) is 23.5. The van der Waals surface area contributed by atoms with Gasteiger partial charge in [0, 0.05) is 26.0 Å². The Labute approximate surface area is 193 Å². The van der Waals surface area contributed by atoms with Crippen LogP contribution < -0.4 is 18.9 Å². The fourth-order valence-electron chi connectivity index (χ4n) is 3.12. The molecule has 0 amide bonds. The highest BCUT2D eigenvalue weighted by Gasteiger charge is 2.19. The summed E-state index contributed by atoms with van der Waals surface area (Å²) in [5.41, 5.74) is 0.738. The molecule has 3 aromatic carbocycles. The summed E-state index contributed by atoms with van der Waals surface area (Å²) in [5.74, 6) is 2.47. The first-order valence-electron chi connectivity index (χ1n) is 10.6. The molecule has 0 aliphatic heterocycles. The smallest absolute Gasteiger partial charge is 0.333 e. The second-order valence-electron chi connectivity index (χ2n) is 7.18. The lowest BCUT2D eigenvalue weighted by atomic mass is 10.1. The van der Waals surface area contributed by atoms with Crippen molar-refractivity contribution in [1.29, 1.82) is 0 Å². The molecule has 7 heteroatoms. The highest BCUT2D eigenvalue weighted by molar-refractivity contribution is 5.73.